The average molecular weight is 1220 g/mol. The molecule has 27 unspecified atom stereocenters. The molecule has 32 atom stereocenters. The van der Waals surface area contributed by atoms with E-state index < -0.39 is 199 Å². The first-order valence-corrected chi connectivity index (χ1v) is 30.1. The number of allylic oxidation sites excluding steroid dienone is 2. The number of hydrogen-bond donors (Lipinski definition) is 12. The van der Waals surface area contributed by atoms with Crippen molar-refractivity contribution >= 4 is 16.2 Å². The van der Waals surface area contributed by atoms with Gasteiger partial charge in [-0.2, -0.15) is 0 Å². The maximum absolute atomic E-state index is 13.1. The van der Waals surface area contributed by atoms with Gasteiger partial charge in [0, 0.05) is 12.3 Å². The molecule has 5 aliphatic heterocycles. The molecule has 9 rings (SSSR count). The van der Waals surface area contributed by atoms with Gasteiger partial charge in [-0.1, -0.05) is 39.3 Å². The summed E-state index contributed by atoms with van der Waals surface area (Å²) in [6, 6.07) is 0. The number of carbonyl (C=O) groups excluding carboxylic acids is 1. The Labute approximate surface area is 505 Å². The second kappa shape index (κ2) is 26.3. The number of hydrogen-bond acceptors (Lipinski definition) is 27. The molecule has 27 nitrogen and oxygen atoms in total. The topological polar surface area (TPSA) is 419 Å². The number of rotatable bonds is 16. The molecule has 5 saturated heterocycles. The average Bonchev–Trinajstić information content (AvgIpc) is 2.46. The van der Waals surface area contributed by atoms with Crippen LogP contribution in [-0.2, 0) is 66.7 Å². The van der Waals surface area contributed by atoms with Gasteiger partial charge in [0.2, 0.25) is 10.4 Å². The van der Waals surface area contributed by atoms with E-state index in [4.69, 9.17) is 51.6 Å². The van der Waals surface area contributed by atoms with E-state index in [1.165, 1.54) is 20.8 Å². The van der Waals surface area contributed by atoms with Crippen LogP contribution in [0.4, 0.5) is 0 Å². The van der Waals surface area contributed by atoms with Gasteiger partial charge < -0.3 is 113 Å². The van der Waals surface area contributed by atoms with Crippen molar-refractivity contribution in [3.8, 4) is 0 Å². The van der Waals surface area contributed by atoms with Crippen LogP contribution in [0.15, 0.2) is 11.6 Å². The molecular formula is C54H87NaO27S. The summed E-state index contributed by atoms with van der Waals surface area (Å²) in [4.78, 5) is 13.1. The first-order chi connectivity index (χ1) is 38.3. The molecule has 4 aliphatic carbocycles. The zero-order valence-corrected chi connectivity index (χ0v) is 51.2. The van der Waals surface area contributed by atoms with Crippen molar-refractivity contribution < 1.29 is 160 Å². The zero-order valence-electron chi connectivity index (χ0n) is 48.4. The van der Waals surface area contributed by atoms with Crippen molar-refractivity contribution in [1.29, 1.82) is 0 Å². The SMILES string of the molecule is CC(C)C(=O)CC(C)(O)[C@H]1CCC2C3C[C@H](OC4OC(C)C(O)C(OC5OCC(OC6OCC(O)C(O)C6OC6OC(C)C(O)C(O)C6O)C(O)C5OC5OC(C)C(O)C(O)C5O)C4O)C4C[C@@H](OS(=O)(=O)[O-])CC[C@]4(C)C3=CC[C@@]21C.[Na+]. The molecule has 83 heavy (non-hydrogen) atoms. The third-order valence-electron chi connectivity index (χ3n) is 19.9. The van der Waals surface area contributed by atoms with Crippen LogP contribution >= 0.6 is 0 Å². The summed E-state index contributed by atoms with van der Waals surface area (Å²) in [6.45, 7) is 12.7. The predicted molar refractivity (Wildman–Crippen MR) is 273 cm³/mol. The van der Waals surface area contributed by atoms with E-state index in [2.05, 4.69) is 19.9 Å². The number of ether oxygens (including phenoxy) is 10. The van der Waals surface area contributed by atoms with E-state index in [1.807, 2.05) is 0 Å². The second-order valence-corrected chi connectivity index (χ2v) is 26.7. The summed E-state index contributed by atoms with van der Waals surface area (Å²) in [6.07, 6.45) is -34.6. The maximum Gasteiger partial charge on any atom is 1.00 e. The monoisotopic (exact) mass is 1220 g/mol. The Balaban J connectivity index is 0.00000900. The minimum atomic E-state index is -5.12. The van der Waals surface area contributed by atoms with Gasteiger partial charge in [0.05, 0.1) is 49.3 Å². The van der Waals surface area contributed by atoms with E-state index >= 15 is 0 Å². The van der Waals surface area contributed by atoms with Crippen molar-refractivity contribution in [1.82, 2.24) is 0 Å². The minimum absolute atomic E-state index is 0. The molecule has 3 saturated carbocycles. The van der Waals surface area contributed by atoms with E-state index in [9.17, 15) is 79.0 Å². The van der Waals surface area contributed by atoms with Gasteiger partial charge in [-0.05, 0) is 107 Å². The Morgan fingerprint density at radius 1 is 0.651 bits per heavy atom. The molecule has 12 N–H and O–H groups in total. The van der Waals surface area contributed by atoms with E-state index in [-0.39, 0.29) is 78.3 Å². The van der Waals surface area contributed by atoms with Crippen molar-refractivity contribution in [2.75, 3.05) is 13.2 Å². The third-order valence-corrected chi connectivity index (χ3v) is 20.4. The smallest absolute Gasteiger partial charge is 0.726 e. The number of carbonyl (C=O) groups is 1. The van der Waals surface area contributed by atoms with Crippen LogP contribution in [0.5, 0.6) is 0 Å². The molecule has 9 aliphatic rings. The standard InChI is InChI=1S/C54H88O27S.Na/c1-20(2)29(55)17-54(8,67)33-10-9-26-25-16-31(28-15-24(81-82(68,69)70)11-13-52(28,6)27(25)12-14-53(26,33)7)76-49-43(66)44(36(59)23(5)75-49)78-51-46(80-48-42(65)40(63)35(58)22(4)74-48)38(61)32(19-72-51)77-50-45(37(60)30(56)18-71-50)79-47-41(64)39(62)34(57)21(3)73-47;/h12,20-26,28,30-51,56-67H,9-11,13-19H2,1-8H3,(H,68,69,70);/q;+1/p-1/t21?,22?,23?,24-,25?,26?,28?,30?,31-,32?,33-,34?,35?,36?,37?,38?,39?,40?,41?,42?,43?,44?,45?,46?,47?,48?,49?,50?,51?,52+,53-,54?;/m0./s1. The Kier molecular flexibility index (Phi) is 21.7. The molecular weight excluding hydrogens is 1140 g/mol. The first kappa shape index (κ1) is 68.3. The van der Waals surface area contributed by atoms with Crippen molar-refractivity contribution in [3.05, 3.63) is 11.6 Å². The Bertz CT molecular complexity index is 2360. The Morgan fingerprint density at radius 3 is 1.75 bits per heavy atom. The van der Waals surface area contributed by atoms with Gasteiger partial charge in [-0.15, -0.1) is 0 Å². The molecule has 5 heterocycles. The summed E-state index contributed by atoms with van der Waals surface area (Å²) < 4.78 is 102. The number of Topliss-reactive ketones (excluding diaryl/α,β-unsaturated/α-hetero) is 1. The molecule has 0 radical (unpaired) electrons. The van der Waals surface area contributed by atoms with Gasteiger partial charge in [0.25, 0.3) is 0 Å². The fourth-order valence-corrected chi connectivity index (χ4v) is 15.6. The van der Waals surface area contributed by atoms with E-state index in [0.29, 0.717) is 25.7 Å². The van der Waals surface area contributed by atoms with Gasteiger partial charge in [-0.25, -0.2) is 8.42 Å². The number of aliphatic hydroxyl groups is 12. The van der Waals surface area contributed by atoms with Crippen LogP contribution in [0.3, 0.4) is 0 Å². The number of fused-ring (bicyclic) bond motifs is 5. The predicted octanol–water partition coefficient (Wildman–Crippen LogP) is -5.77. The van der Waals surface area contributed by atoms with Crippen molar-refractivity contribution in [2.45, 2.75) is 266 Å². The number of aliphatic hydroxyl groups excluding tert-OH is 11. The molecule has 29 heteroatoms. The molecule has 8 fully saturated rings. The minimum Gasteiger partial charge on any atom is -0.726 e. The van der Waals surface area contributed by atoms with Crippen LogP contribution in [0.2, 0.25) is 0 Å². The Morgan fingerprint density at radius 2 is 1.17 bits per heavy atom. The van der Waals surface area contributed by atoms with Gasteiger partial charge in [0.15, 0.2) is 31.5 Å². The van der Waals surface area contributed by atoms with Gasteiger partial charge in [0.1, 0.15) is 97.3 Å². The molecule has 472 valence electrons. The van der Waals surface area contributed by atoms with E-state index in [0.717, 1.165) is 12.0 Å². The summed E-state index contributed by atoms with van der Waals surface area (Å²) in [5.41, 5.74) is -1.27. The fraction of sp³-hybridized carbons (Fsp3) is 0.944. The molecule has 0 aromatic heterocycles. The summed E-state index contributed by atoms with van der Waals surface area (Å²) in [5.74, 6) is -1.22. The van der Waals surface area contributed by atoms with Crippen LogP contribution in [0.1, 0.15) is 107 Å². The number of ketones is 1. The van der Waals surface area contributed by atoms with Gasteiger partial charge >= 0.3 is 29.6 Å². The van der Waals surface area contributed by atoms with Gasteiger partial charge in [-0.3, -0.25) is 8.98 Å². The van der Waals surface area contributed by atoms with Crippen LogP contribution in [0, 0.1) is 40.4 Å². The Hall–Kier alpha value is -0.600. The molecule has 0 bridgehead atoms. The largest absolute Gasteiger partial charge is 1.00 e. The quantitative estimate of drug-likeness (QED) is 0.0296. The summed E-state index contributed by atoms with van der Waals surface area (Å²) in [5, 5.41) is 134. The fourth-order valence-electron chi connectivity index (χ4n) is 15.1. The van der Waals surface area contributed by atoms with E-state index in [1.54, 1.807) is 20.8 Å². The maximum atomic E-state index is 13.1. The molecule has 0 amide bonds. The molecule has 0 spiro atoms. The first-order valence-electron chi connectivity index (χ1n) is 28.8. The summed E-state index contributed by atoms with van der Waals surface area (Å²) >= 11 is 0. The third kappa shape index (κ3) is 13.6. The normalized spacial score (nSPS) is 51.2. The molecule has 0 aromatic rings. The molecule has 0 aromatic carbocycles. The van der Waals surface area contributed by atoms with Crippen molar-refractivity contribution in [2.24, 2.45) is 40.4 Å². The van der Waals surface area contributed by atoms with Crippen molar-refractivity contribution in [3.63, 3.8) is 0 Å². The summed E-state index contributed by atoms with van der Waals surface area (Å²) in [7, 11) is -5.12. The van der Waals surface area contributed by atoms with Crippen LogP contribution in [0.25, 0.3) is 0 Å². The van der Waals surface area contributed by atoms with Crippen LogP contribution in [-0.4, -0.2) is 252 Å². The second-order valence-electron chi connectivity index (χ2n) is 25.7. The zero-order chi connectivity index (χ0) is 60.0. The van der Waals surface area contributed by atoms with Crippen LogP contribution < -0.4 is 29.6 Å².